The largest absolute Gasteiger partial charge is 0.393 e. The summed E-state index contributed by atoms with van der Waals surface area (Å²) in [6.07, 6.45) is 7.87. The van der Waals surface area contributed by atoms with E-state index in [0.717, 1.165) is 51.7 Å². The number of likely N-dealkylation sites (tertiary alicyclic amines) is 1. The molecule has 1 aromatic rings. The Hall–Kier alpha value is -1.53. The molecule has 2 aliphatic heterocycles. The van der Waals surface area contributed by atoms with Crippen LogP contribution in [-0.2, 0) is 0 Å². The van der Waals surface area contributed by atoms with E-state index >= 15 is 0 Å². The number of nitrogens with zero attached hydrogens (tertiary/aromatic N) is 4. The van der Waals surface area contributed by atoms with Gasteiger partial charge in [0.25, 0.3) is 0 Å². The zero-order valence-electron chi connectivity index (χ0n) is 12.2. The molecule has 1 N–H and O–H groups in total. The van der Waals surface area contributed by atoms with Crippen molar-refractivity contribution in [1.82, 2.24) is 14.9 Å². The molecule has 0 radical (unpaired) electrons. The predicted octanol–water partition coefficient (Wildman–Crippen LogP) is 0.715. The Balaban J connectivity index is 1.63. The van der Waals surface area contributed by atoms with Crippen molar-refractivity contribution in [1.29, 1.82) is 0 Å². The van der Waals surface area contributed by atoms with E-state index in [0.29, 0.717) is 17.6 Å². The highest BCUT2D eigenvalue weighted by molar-refractivity contribution is 5.73. The molecule has 1 atom stereocenters. The number of carbonyl (C=O) groups is 1. The van der Waals surface area contributed by atoms with Gasteiger partial charge in [-0.1, -0.05) is 0 Å². The summed E-state index contributed by atoms with van der Waals surface area (Å²) in [4.78, 5) is 23.9. The Morgan fingerprint density at radius 3 is 2.52 bits per heavy atom. The molecule has 0 bridgehead atoms. The zero-order valence-corrected chi connectivity index (χ0v) is 12.2. The lowest BCUT2D eigenvalue weighted by Gasteiger charge is -2.41. The second-order valence-electron chi connectivity index (χ2n) is 5.94. The maximum absolute atomic E-state index is 10.7. The highest BCUT2D eigenvalue weighted by Gasteiger charge is 2.29. The Labute approximate surface area is 124 Å². The topological polar surface area (TPSA) is 69.6 Å². The first-order valence-electron chi connectivity index (χ1n) is 7.70. The van der Waals surface area contributed by atoms with E-state index in [1.165, 1.54) is 6.42 Å². The van der Waals surface area contributed by atoms with Gasteiger partial charge < -0.3 is 10.0 Å². The van der Waals surface area contributed by atoms with Crippen LogP contribution >= 0.6 is 0 Å². The van der Waals surface area contributed by atoms with Crippen molar-refractivity contribution >= 4 is 12.2 Å². The van der Waals surface area contributed by atoms with Crippen LogP contribution in [0, 0.1) is 0 Å². The SMILES string of the molecule is O=Cc1cnc(N2CCCC(N3CCC(O)CC3)C2)nc1. The second kappa shape index (κ2) is 6.49. The third-order valence-electron chi connectivity index (χ3n) is 4.49. The minimum Gasteiger partial charge on any atom is -0.393 e. The fraction of sp³-hybridized carbons (Fsp3) is 0.667. The average Bonchev–Trinajstić information content (AvgIpc) is 2.56. The lowest BCUT2D eigenvalue weighted by Crippen LogP contribution is -2.51. The molecule has 6 heteroatoms. The summed E-state index contributed by atoms with van der Waals surface area (Å²) in [6.45, 7) is 3.85. The first-order valence-corrected chi connectivity index (χ1v) is 7.70. The van der Waals surface area contributed by atoms with Gasteiger partial charge in [-0.25, -0.2) is 9.97 Å². The number of aldehydes is 1. The lowest BCUT2D eigenvalue weighted by atomic mass is 10.00. The fourth-order valence-corrected chi connectivity index (χ4v) is 3.24. The number of piperidine rings is 2. The first-order chi connectivity index (χ1) is 10.3. The number of hydrogen-bond acceptors (Lipinski definition) is 6. The number of aromatic nitrogens is 2. The molecule has 0 saturated carbocycles. The number of aliphatic hydroxyl groups is 1. The van der Waals surface area contributed by atoms with E-state index in [1.54, 1.807) is 12.4 Å². The van der Waals surface area contributed by atoms with Gasteiger partial charge in [0.1, 0.15) is 0 Å². The van der Waals surface area contributed by atoms with E-state index in [9.17, 15) is 9.90 Å². The molecule has 2 saturated heterocycles. The van der Waals surface area contributed by atoms with Crippen molar-refractivity contribution < 1.29 is 9.90 Å². The average molecular weight is 290 g/mol. The van der Waals surface area contributed by atoms with Gasteiger partial charge in [-0.15, -0.1) is 0 Å². The van der Waals surface area contributed by atoms with E-state index in [4.69, 9.17) is 0 Å². The summed E-state index contributed by atoms with van der Waals surface area (Å²) in [5.74, 6) is 0.711. The van der Waals surface area contributed by atoms with Crippen LogP contribution in [0.25, 0.3) is 0 Å². The minimum atomic E-state index is -0.125. The van der Waals surface area contributed by atoms with Crippen molar-refractivity contribution in [2.45, 2.75) is 37.8 Å². The summed E-state index contributed by atoms with van der Waals surface area (Å²) in [5.41, 5.74) is 0.511. The number of rotatable bonds is 3. The number of hydrogen-bond donors (Lipinski definition) is 1. The molecule has 1 unspecified atom stereocenters. The highest BCUT2D eigenvalue weighted by Crippen LogP contribution is 2.22. The van der Waals surface area contributed by atoms with E-state index in [2.05, 4.69) is 19.8 Å². The van der Waals surface area contributed by atoms with Gasteiger partial charge in [-0.05, 0) is 25.7 Å². The van der Waals surface area contributed by atoms with E-state index in [-0.39, 0.29) is 6.10 Å². The van der Waals surface area contributed by atoms with Crippen molar-refractivity contribution in [2.24, 2.45) is 0 Å². The van der Waals surface area contributed by atoms with Gasteiger partial charge in [-0.2, -0.15) is 0 Å². The molecule has 114 valence electrons. The maximum atomic E-state index is 10.7. The molecule has 2 fully saturated rings. The first kappa shape index (κ1) is 14.4. The summed E-state index contributed by atoms with van der Waals surface area (Å²) in [6, 6.07) is 0.514. The Morgan fingerprint density at radius 2 is 1.86 bits per heavy atom. The monoisotopic (exact) mass is 290 g/mol. The molecule has 0 amide bonds. The normalized spacial score (nSPS) is 25.0. The van der Waals surface area contributed by atoms with Crippen molar-refractivity contribution in [2.75, 3.05) is 31.1 Å². The molecule has 1 aromatic heterocycles. The van der Waals surface area contributed by atoms with Crippen LogP contribution in [0.2, 0.25) is 0 Å². The van der Waals surface area contributed by atoms with Crippen LogP contribution in [-0.4, -0.2) is 64.6 Å². The fourth-order valence-electron chi connectivity index (χ4n) is 3.24. The van der Waals surface area contributed by atoms with Crippen LogP contribution in [0.1, 0.15) is 36.0 Å². The van der Waals surface area contributed by atoms with Crippen LogP contribution in [0.15, 0.2) is 12.4 Å². The highest BCUT2D eigenvalue weighted by atomic mass is 16.3. The van der Waals surface area contributed by atoms with Gasteiger partial charge in [0.2, 0.25) is 5.95 Å². The lowest BCUT2D eigenvalue weighted by molar-refractivity contribution is 0.0566. The van der Waals surface area contributed by atoms with E-state index in [1.807, 2.05) is 0 Å². The van der Waals surface area contributed by atoms with Gasteiger partial charge >= 0.3 is 0 Å². The summed E-state index contributed by atoms with van der Waals surface area (Å²) < 4.78 is 0. The smallest absolute Gasteiger partial charge is 0.225 e. The molecule has 0 aliphatic carbocycles. The quantitative estimate of drug-likeness (QED) is 0.827. The summed E-state index contributed by atoms with van der Waals surface area (Å²) in [5, 5.41) is 9.62. The molecule has 21 heavy (non-hydrogen) atoms. The molecule has 3 heterocycles. The Kier molecular flexibility index (Phi) is 4.45. The predicted molar refractivity (Wildman–Crippen MR) is 79.5 cm³/mol. The van der Waals surface area contributed by atoms with Crippen LogP contribution in [0.5, 0.6) is 0 Å². The standard InChI is InChI=1S/C15H22N4O2/c20-11-12-8-16-15(17-9-12)19-5-1-2-13(10-19)18-6-3-14(21)4-7-18/h8-9,11,13-14,21H,1-7,10H2. The van der Waals surface area contributed by atoms with Crippen LogP contribution in [0.4, 0.5) is 5.95 Å². The van der Waals surface area contributed by atoms with Gasteiger partial charge in [-0.3, -0.25) is 9.69 Å². The van der Waals surface area contributed by atoms with Crippen molar-refractivity contribution in [3.05, 3.63) is 18.0 Å². The third-order valence-corrected chi connectivity index (χ3v) is 4.49. The summed E-state index contributed by atoms with van der Waals surface area (Å²) >= 11 is 0. The molecule has 3 rings (SSSR count). The summed E-state index contributed by atoms with van der Waals surface area (Å²) in [7, 11) is 0. The molecule has 0 aromatic carbocycles. The van der Waals surface area contributed by atoms with Crippen LogP contribution in [0.3, 0.4) is 0 Å². The van der Waals surface area contributed by atoms with Crippen molar-refractivity contribution in [3.8, 4) is 0 Å². The Bertz CT molecular complexity index is 471. The number of anilines is 1. The van der Waals surface area contributed by atoms with Crippen LogP contribution < -0.4 is 4.90 Å². The molecule has 6 nitrogen and oxygen atoms in total. The van der Waals surface area contributed by atoms with Gasteiger partial charge in [0.05, 0.1) is 11.7 Å². The molecular weight excluding hydrogens is 268 g/mol. The van der Waals surface area contributed by atoms with Crippen molar-refractivity contribution in [3.63, 3.8) is 0 Å². The second-order valence-corrected chi connectivity index (χ2v) is 5.94. The zero-order chi connectivity index (χ0) is 14.7. The Morgan fingerprint density at radius 1 is 1.14 bits per heavy atom. The minimum absolute atomic E-state index is 0.125. The number of carbonyl (C=O) groups excluding carboxylic acids is 1. The van der Waals surface area contributed by atoms with E-state index < -0.39 is 0 Å². The maximum Gasteiger partial charge on any atom is 0.225 e. The molecule has 0 spiro atoms. The van der Waals surface area contributed by atoms with Gasteiger partial charge in [0, 0.05) is 44.6 Å². The van der Waals surface area contributed by atoms with Gasteiger partial charge in [0.15, 0.2) is 6.29 Å². The molecular formula is C15H22N4O2. The molecule has 2 aliphatic rings. The number of aliphatic hydroxyl groups excluding tert-OH is 1. The third kappa shape index (κ3) is 3.39.